The fourth-order valence-electron chi connectivity index (χ4n) is 6.47. The summed E-state index contributed by atoms with van der Waals surface area (Å²) in [5, 5.41) is 0. The number of anilines is 2. The van der Waals surface area contributed by atoms with Crippen LogP contribution in [-0.4, -0.2) is 17.7 Å². The van der Waals surface area contributed by atoms with Gasteiger partial charge in [0.05, 0.1) is 29.3 Å². The first kappa shape index (κ1) is 27.6. The van der Waals surface area contributed by atoms with Crippen LogP contribution in [0.25, 0.3) is 0 Å². The minimum atomic E-state index is -1.46. The Morgan fingerprint density at radius 2 is 1.40 bits per heavy atom. The number of nitrogens with zero attached hydrogens (tertiary/aromatic N) is 2. The Morgan fingerprint density at radius 3 is 2.02 bits per heavy atom. The van der Waals surface area contributed by atoms with Gasteiger partial charge in [-0.05, 0) is 52.3 Å². The van der Waals surface area contributed by atoms with Crippen molar-refractivity contribution in [1.82, 2.24) is 0 Å². The molecule has 42 heavy (non-hydrogen) atoms. The van der Waals surface area contributed by atoms with Gasteiger partial charge in [0.2, 0.25) is 17.7 Å². The fourth-order valence-corrected chi connectivity index (χ4v) is 6.47. The lowest BCUT2D eigenvalue weighted by Gasteiger charge is -2.33. The van der Waals surface area contributed by atoms with Crippen LogP contribution in [-0.2, 0) is 38.2 Å². The maximum atomic E-state index is 15.7. The highest BCUT2D eigenvalue weighted by Crippen LogP contribution is 2.53. The average molecular weight is 561 g/mol. The van der Waals surface area contributed by atoms with Gasteiger partial charge in [-0.2, -0.15) is 0 Å². The van der Waals surface area contributed by atoms with Crippen molar-refractivity contribution in [2.75, 3.05) is 9.80 Å². The van der Waals surface area contributed by atoms with E-state index in [1.807, 2.05) is 72.8 Å². The van der Waals surface area contributed by atoms with Gasteiger partial charge in [-0.3, -0.25) is 19.3 Å². The molecule has 0 radical (unpaired) electrons. The molecule has 0 aromatic heterocycles. The van der Waals surface area contributed by atoms with Crippen LogP contribution in [0.2, 0.25) is 0 Å². The minimum Gasteiger partial charge on any atom is -0.304 e. The summed E-state index contributed by atoms with van der Waals surface area (Å²) in [6.07, 6.45) is 0.0163. The van der Waals surface area contributed by atoms with Crippen molar-refractivity contribution >= 4 is 29.1 Å². The van der Waals surface area contributed by atoms with Crippen LogP contribution in [0, 0.1) is 11.7 Å². The number of hydrogen-bond acceptors (Lipinski definition) is 3. The van der Waals surface area contributed by atoms with E-state index in [9.17, 15) is 14.4 Å². The molecule has 6 heteroatoms. The number of amides is 3. The number of hydrogen-bond donors (Lipinski definition) is 0. The third-order valence-corrected chi connectivity index (χ3v) is 8.61. The van der Waals surface area contributed by atoms with Crippen molar-refractivity contribution in [2.24, 2.45) is 5.92 Å². The summed E-state index contributed by atoms with van der Waals surface area (Å²) < 4.78 is 15.7. The summed E-state index contributed by atoms with van der Waals surface area (Å²) in [7, 11) is 0. The van der Waals surface area contributed by atoms with Gasteiger partial charge in [-0.25, -0.2) is 4.39 Å². The maximum absolute atomic E-state index is 15.7. The molecule has 212 valence electrons. The number of imide groups is 1. The van der Waals surface area contributed by atoms with E-state index >= 15 is 4.39 Å². The van der Waals surface area contributed by atoms with Crippen molar-refractivity contribution in [3.05, 3.63) is 131 Å². The summed E-state index contributed by atoms with van der Waals surface area (Å²) in [5.41, 5.74) is 2.29. The summed E-state index contributed by atoms with van der Waals surface area (Å²) in [6.45, 7) is 6.44. The molecule has 6 rings (SSSR count). The first-order valence-corrected chi connectivity index (χ1v) is 14.3. The van der Waals surface area contributed by atoms with Crippen molar-refractivity contribution in [1.29, 1.82) is 0 Å². The molecule has 2 atom stereocenters. The van der Waals surface area contributed by atoms with Gasteiger partial charge in [0.1, 0.15) is 5.82 Å². The molecule has 2 aliphatic heterocycles. The van der Waals surface area contributed by atoms with Crippen LogP contribution in [0.15, 0.2) is 103 Å². The Kier molecular flexibility index (Phi) is 6.80. The van der Waals surface area contributed by atoms with E-state index in [0.717, 1.165) is 16.7 Å². The van der Waals surface area contributed by atoms with Crippen LogP contribution in [0.4, 0.5) is 15.8 Å². The van der Waals surface area contributed by atoms with Gasteiger partial charge in [-0.1, -0.05) is 106 Å². The third-order valence-electron chi connectivity index (χ3n) is 8.61. The van der Waals surface area contributed by atoms with Crippen molar-refractivity contribution in [3.63, 3.8) is 0 Å². The zero-order chi connectivity index (χ0) is 29.6. The molecule has 5 nitrogen and oxygen atoms in total. The van der Waals surface area contributed by atoms with E-state index in [2.05, 4.69) is 20.8 Å². The zero-order valence-electron chi connectivity index (χ0n) is 24.0. The normalized spacial score (nSPS) is 20.4. The Labute approximate surface area is 245 Å². The molecule has 4 aromatic rings. The molecule has 4 aromatic carbocycles. The quantitative estimate of drug-likeness (QED) is 0.246. The second kappa shape index (κ2) is 10.4. The minimum absolute atomic E-state index is 0.0912. The van der Waals surface area contributed by atoms with Gasteiger partial charge in [-0.15, -0.1) is 0 Å². The first-order valence-electron chi connectivity index (χ1n) is 14.3. The van der Waals surface area contributed by atoms with Crippen LogP contribution in [0.1, 0.15) is 49.4 Å². The van der Waals surface area contributed by atoms with Crippen molar-refractivity contribution in [2.45, 2.75) is 51.0 Å². The van der Waals surface area contributed by atoms with Crippen LogP contribution in [0.3, 0.4) is 0 Å². The number of rotatable bonds is 6. The fraction of sp³-hybridized carbons (Fsp3) is 0.250. The van der Waals surface area contributed by atoms with E-state index in [-0.39, 0.29) is 42.3 Å². The topological polar surface area (TPSA) is 57.7 Å². The Hall–Kier alpha value is -4.58. The highest BCUT2D eigenvalue weighted by molar-refractivity contribution is 6.24. The summed E-state index contributed by atoms with van der Waals surface area (Å²) in [6, 6.07) is 30.9. The number of carbonyl (C=O) groups excluding carboxylic acids is 3. The number of carbonyl (C=O) groups is 3. The lowest BCUT2D eigenvalue weighted by molar-refractivity contribution is -0.131. The molecule has 0 N–H and O–H groups in total. The number of halogens is 1. The molecule has 1 fully saturated rings. The molecule has 0 spiro atoms. The van der Waals surface area contributed by atoms with Crippen LogP contribution in [0.5, 0.6) is 0 Å². The molecule has 0 unspecified atom stereocenters. The molecular weight excluding hydrogens is 527 g/mol. The van der Waals surface area contributed by atoms with Gasteiger partial charge >= 0.3 is 0 Å². The van der Waals surface area contributed by atoms with Gasteiger partial charge < -0.3 is 4.90 Å². The number of benzene rings is 4. The highest BCUT2D eigenvalue weighted by Gasteiger charge is 2.62. The molecule has 0 aliphatic carbocycles. The molecule has 0 saturated carbocycles. The second-order valence-corrected chi connectivity index (χ2v) is 12.3. The lowest BCUT2D eigenvalue weighted by Crippen LogP contribution is -2.50. The Balaban J connectivity index is 1.48. The van der Waals surface area contributed by atoms with Gasteiger partial charge in [0, 0.05) is 6.42 Å². The molecule has 1 saturated heterocycles. The van der Waals surface area contributed by atoms with E-state index in [0.29, 0.717) is 11.3 Å². The van der Waals surface area contributed by atoms with Crippen LogP contribution < -0.4 is 9.80 Å². The predicted octanol–water partition coefficient (Wildman–Crippen LogP) is 6.73. The maximum Gasteiger partial charge on any atom is 0.239 e. The van der Waals surface area contributed by atoms with E-state index < -0.39 is 23.1 Å². The third kappa shape index (κ3) is 4.51. The van der Waals surface area contributed by atoms with E-state index in [1.165, 1.54) is 15.9 Å². The first-order chi connectivity index (χ1) is 20.1. The standard InChI is InChI=1S/C36H33FN2O3/c1-35(2,3)26-17-19-27(20-18-26)39-31(40)21-29(33(39)41)36(22-24-11-6-4-7-12-24)28-15-10-16-30(37)32(28)38(34(36)42)23-25-13-8-5-9-14-25/h4-20,29H,21-23H2,1-3H3/t29-,36+/m0/s1. The Morgan fingerprint density at radius 1 is 0.786 bits per heavy atom. The second-order valence-electron chi connectivity index (χ2n) is 12.3. The summed E-state index contributed by atoms with van der Waals surface area (Å²) in [4.78, 5) is 45.3. The summed E-state index contributed by atoms with van der Waals surface area (Å²) >= 11 is 0. The molecule has 3 amide bonds. The molecular formula is C36H33FN2O3. The monoisotopic (exact) mass is 560 g/mol. The molecule has 2 aliphatic rings. The molecule has 0 bridgehead atoms. The SMILES string of the molecule is CC(C)(C)c1ccc(N2C(=O)C[C@H]([C@]3(Cc4ccccc4)C(=O)N(Cc4ccccc4)c4c(F)cccc43)C2=O)cc1. The average Bonchev–Trinajstić information content (AvgIpc) is 3.40. The van der Waals surface area contributed by atoms with Crippen LogP contribution >= 0.6 is 0 Å². The van der Waals surface area contributed by atoms with Gasteiger partial charge in [0.25, 0.3) is 0 Å². The smallest absolute Gasteiger partial charge is 0.239 e. The van der Waals surface area contributed by atoms with Gasteiger partial charge in [0.15, 0.2) is 0 Å². The molecule has 2 heterocycles. The number of fused-ring (bicyclic) bond motifs is 1. The van der Waals surface area contributed by atoms with E-state index in [4.69, 9.17) is 0 Å². The summed E-state index contributed by atoms with van der Waals surface area (Å²) in [5.74, 6) is -2.71. The predicted molar refractivity (Wildman–Crippen MR) is 162 cm³/mol. The van der Waals surface area contributed by atoms with Crippen molar-refractivity contribution in [3.8, 4) is 0 Å². The zero-order valence-corrected chi connectivity index (χ0v) is 24.0. The highest BCUT2D eigenvalue weighted by atomic mass is 19.1. The number of para-hydroxylation sites is 1. The largest absolute Gasteiger partial charge is 0.304 e. The lowest BCUT2D eigenvalue weighted by atomic mass is 9.66. The van der Waals surface area contributed by atoms with E-state index in [1.54, 1.807) is 24.3 Å². The Bertz CT molecular complexity index is 1660. The van der Waals surface area contributed by atoms with Crippen molar-refractivity contribution < 1.29 is 18.8 Å².